The summed E-state index contributed by atoms with van der Waals surface area (Å²) in [7, 11) is -4.19. The number of hydrogen-bond acceptors (Lipinski definition) is 6. The Labute approximate surface area is 246 Å². The van der Waals surface area contributed by atoms with Crippen molar-refractivity contribution >= 4 is 39.1 Å². The molecular weight excluding hydrogens is 566 g/mol. The Morgan fingerprint density at radius 3 is 2.34 bits per heavy atom. The minimum absolute atomic E-state index is 0.0200. The van der Waals surface area contributed by atoms with Gasteiger partial charge in [0.15, 0.2) is 11.5 Å². The van der Waals surface area contributed by atoms with Gasteiger partial charge in [-0.15, -0.1) is 0 Å². The Hall–Kier alpha value is -3.76. The number of rotatable bonds is 11. The van der Waals surface area contributed by atoms with E-state index in [0.29, 0.717) is 41.7 Å². The molecule has 11 heteroatoms. The summed E-state index contributed by atoms with van der Waals surface area (Å²) in [5.41, 5.74) is 0.928. The van der Waals surface area contributed by atoms with E-state index in [0.717, 1.165) is 4.31 Å². The Bertz CT molecular complexity index is 1480. The molecule has 2 amide bonds. The minimum atomic E-state index is -4.19. The van der Waals surface area contributed by atoms with E-state index in [1.54, 1.807) is 67.6 Å². The van der Waals surface area contributed by atoms with E-state index in [9.17, 15) is 18.0 Å². The zero-order chi connectivity index (χ0) is 29.6. The van der Waals surface area contributed by atoms with Crippen LogP contribution in [0.2, 0.25) is 5.02 Å². The minimum Gasteiger partial charge on any atom is -0.486 e. The number of nitrogens with one attached hydrogen (secondary N) is 1. The molecule has 3 aromatic carbocycles. The average Bonchev–Trinajstić information content (AvgIpc) is 2.98. The maximum atomic E-state index is 14.0. The van der Waals surface area contributed by atoms with Crippen LogP contribution in [0, 0.1) is 0 Å². The summed E-state index contributed by atoms with van der Waals surface area (Å²) in [6.07, 6.45) is 0.716. The van der Waals surface area contributed by atoms with Gasteiger partial charge < -0.3 is 19.7 Å². The van der Waals surface area contributed by atoms with E-state index in [2.05, 4.69) is 5.32 Å². The molecule has 3 aromatic rings. The van der Waals surface area contributed by atoms with Gasteiger partial charge in [-0.2, -0.15) is 0 Å². The van der Waals surface area contributed by atoms with Crippen LogP contribution in [0.3, 0.4) is 0 Å². The van der Waals surface area contributed by atoms with Crippen LogP contribution in [0.5, 0.6) is 11.5 Å². The molecule has 1 aliphatic heterocycles. The molecule has 2 atom stereocenters. The fourth-order valence-electron chi connectivity index (χ4n) is 4.32. The van der Waals surface area contributed by atoms with Gasteiger partial charge in [-0.25, -0.2) is 8.42 Å². The van der Waals surface area contributed by atoms with Crippen LogP contribution in [0.25, 0.3) is 0 Å². The SMILES string of the molecule is CC[C@@H](C)NC(=O)[C@H](C)N(Cc1cccc(Cl)c1)C(=O)CN(c1ccc2c(c1)OCCO2)S(=O)(=O)c1ccccc1. The average molecular weight is 600 g/mol. The number of benzene rings is 3. The normalized spacial score (nSPS) is 14.0. The molecule has 9 nitrogen and oxygen atoms in total. The lowest BCUT2D eigenvalue weighted by Crippen LogP contribution is -2.52. The molecular formula is C30H34ClN3O6S. The zero-order valence-electron chi connectivity index (χ0n) is 23.2. The first kappa shape index (κ1) is 30.2. The highest BCUT2D eigenvalue weighted by Crippen LogP contribution is 2.36. The predicted octanol–water partition coefficient (Wildman–Crippen LogP) is 4.64. The highest BCUT2D eigenvalue weighted by atomic mass is 35.5. The smallest absolute Gasteiger partial charge is 0.264 e. The third-order valence-electron chi connectivity index (χ3n) is 6.83. The monoisotopic (exact) mass is 599 g/mol. The third-order valence-corrected chi connectivity index (χ3v) is 8.86. The fraction of sp³-hybridized carbons (Fsp3) is 0.333. The molecule has 0 saturated carbocycles. The Morgan fingerprint density at radius 1 is 0.951 bits per heavy atom. The molecule has 0 fully saturated rings. The van der Waals surface area contributed by atoms with Gasteiger partial charge in [-0.1, -0.05) is 48.9 Å². The standard InChI is InChI=1S/C30H34ClN3O6S/c1-4-21(2)32-30(36)22(3)33(19-23-9-8-10-24(31)17-23)29(35)20-34(41(37,38)26-11-6-5-7-12-26)25-13-14-27-28(18-25)40-16-15-39-27/h5-14,17-18,21-22H,4,15-16,19-20H2,1-3H3,(H,32,36)/t21-,22+/m1/s1. The third kappa shape index (κ3) is 7.31. The van der Waals surface area contributed by atoms with Crippen LogP contribution in [0.1, 0.15) is 32.8 Å². The topological polar surface area (TPSA) is 105 Å². The second-order valence-corrected chi connectivity index (χ2v) is 12.1. The molecule has 0 bridgehead atoms. The van der Waals surface area contributed by atoms with Crippen molar-refractivity contribution in [2.45, 2.75) is 50.7 Å². The van der Waals surface area contributed by atoms with Gasteiger partial charge in [0, 0.05) is 23.7 Å². The molecule has 41 heavy (non-hydrogen) atoms. The first-order chi connectivity index (χ1) is 19.6. The molecule has 0 aromatic heterocycles. The number of nitrogens with zero attached hydrogens (tertiary/aromatic N) is 2. The molecule has 0 radical (unpaired) electrons. The maximum Gasteiger partial charge on any atom is 0.264 e. The number of sulfonamides is 1. The van der Waals surface area contributed by atoms with Crippen molar-refractivity contribution in [2.75, 3.05) is 24.1 Å². The van der Waals surface area contributed by atoms with Crippen LogP contribution < -0.4 is 19.1 Å². The Balaban J connectivity index is 1.73. The van der Waals surface area contributed by atoms with Crippen LogP contribution >= 0.6 is 11.6 Å². The van der Waals surface area contributed by atoms with Gasteiger partial charge in [-0.3, -0.25) is 13.9 Å². The highest BCUT2D eigenvalue weighted by Gasteiger charge is 2.33. The maximum absolute atomic E-state index is 14.0. The van der Waals surface area contributed by atoms with Crippen LogP contribution in [0.15, 0.2) is 77.7 Å². The van der Waals surface area contributed by atoms with E-state index in [4.69, 9.17) is 21.1 Å². The number of anilines is 1. The van der Waals surface area contributed by atoms with Crippen molar-refractivity contribution in [3.05, 3.63) is 83.4 Å². The van der Waals surface area contributed by atoms with Crippen LogP contribution in [-0.4, -0.2) is 57.0 Å². The first-order valence-electron chi connectivity index (χ1n) is 13.4. The number of carbonyl (C=O) groups excluding carboxylic acids is 2. The van der Waals surface area contributed by atoms with Crippen molar-refractivity contribution in [2.24, 2.45) is 0 Å². The van der Waals surface area contributed by atoms with Gasteiger partial charge in [0.25, 0.3) is 10.0 Å². The van der Waals surface area contributed by atoms with Crippen LogP contribution in [0.4, 0.5) is 5.69 Å². The highest BCUT2D eigenvalue weighted by molar-refractivity contribution is 7.92. The quantitative estimate of drug-likeness (QED) is 0.344. The number of carbonyl (C=O) groups is 2. The molecule has 4 rings (SSSR count). The molecule has 1 N–H and O–H groups in total. The van der Waals surface area contributed by atoms with E-state index >= 15 is 0 Å². The van der Waals surface area contributed by atoms with E-state index < -0.39 is 28.5 Å². The lowest BCUT2D eigenvalue weighted by molar-refractivity contribution is -0.139. The summed E-state index contributed by atoms with van der Waals surface area (Å²) >= 11 is 6.20. The summed E-state index contributed by atoms with van der Waals surface area (Å²) in [6.45, 7) is 5.64. The first-order valence-corrected chi connectivity index (χ1v) is 15.2. The second kappa shape index (κ2) is 13.3. The summed E-state index contributed by atoms with van der Waals surface area (Å²) in [4.78, 5) is 28.6. The number of amides is 2. The van der Waals surface area contributed by atoms with Gasteiger partial charge in [0.05, 0.1) is 10.6 Å². The molecule has 0 saturated heterocycles. The van der Waals surface area contributed by atoms with Gasteiger partial charge >= 0.3 is 0 Å². The largest absolute Gasteiger partial charge is 0.486 e. The zero-order valence-corrected chi connectivity index (χ0v) is 24.8. The molecule has 0 unspecified atom stereocenters. The van der Waals surface area contributed by atoms with Gasteiger partial charge in [-0.05, 0) is 62.2 Å². The predicted molar refractivity (Wildman–Crippen MR) is 158 cm³/mol. The summed E-state index contributed by atoms with van der Waals surface area (Å²) in [6, 6.07) is 18.6. The molecule has 1 aliphatic rings. The summed E-state index contributed by atoms with van der Waals surface area (Å²) in [5.74, 6) is -0.0365. The lowest BCUT2D eigenvalue weighted by atomic mass is 10.1. The number of fused-ring (bicyclic) bond motifs is 1. The van der Waals surface area contributed by atoms with E-state index in [-0.39, 0.29) is 29.1 Å². The molecule has 218 valence electrons. The van der Waals surface area contributed by atoms with E-state index in [1.165, 1.54) is 17.0 Å². The Kier molecular flexibility index (Phi) is 9.77. The molecule has 0 spiro atoms. The van der Waals surface area contributed by atoms with Crippen molar-refractivity contribution in [3.8, 4) is 11.5 Å². The van der Waals surface area contributed by atoms with Crippen LogP contribution in [-0.2, 0) is 26.2 Å². The number of hydrogen-bond donors (Lipinski definition) is 1. The summed E-state index contributed by atoms with van der Waals surface area (Å²) in [5, 5.41) is 3.40. The van der Waals surface area contributed by atoms with Crippen molar-refractivity contribution in [3.63, 3.8) is 0 Å². The Morgan fingerprint density at radius 2 is 1.66 bits per heavy atom. The van der Waals surface area contributed by atoms with E-state index in [1.807, 2.05) is 13.8 Å². The molecule has 0 aliphatic carbocycles. The van der Waals surface area contributed by atoms with Gasteiger partial charge in [0.1, 0.15) is 25.8 Å². The number of ether oxygens (including phenoxy) is 2. The summed E-state index contributed by atoms with van der Waals surface area (Å²) < 4.78 is 40.2. The van der Waals surface area contributed by atoms with Gasteiger partial charge in [0.2, 0.25) is 11.8 Å². The van der Waals surface area contributed by atoms with Crippen molar-refractivity contribution in [1.82, 2.24) is 10.2 Å². The molecule has 1 heterocycles. The van der Waals surface area contributed by atoms with Crippen molar-refractivity contribution in [1.29, 1.82) is 0 Å². The lowest BCUT2D eigenvalue weighted by Gasteiger charge is -2.32. The fourth-order valence-corrected chi connectivity index (χ4v) is 5.96. The second-order valence-electron chi connectivity index (χ2n) is 9.80. The van der Waals surface area contributed by atoms with Crippen molar-refractivity contribution < 1.29 is 27.5 Å². The number of halogens is 1.